The van der Waals surface area contributed by atoms with Gasteiger partial charge in [-0.1, -0.05) is 32.0 Å². The van der Waals surface area contributed by atoms with Crippen molar-refractivity contribution in [1.82, 2.24) is 4.90 Å². The summed E-state index contributed by atoms with van der Waals surface area (Å²) in [5, 5.41) is 2.98. The number of hydrogen-bond donors (Lipinski definition) is 1. The van der Waals surface area contributed by atoms with Gasteiger partial charge in [-0.25, -0.2) is 0 Å². The maximum absolute atomic E-state index is 13.5. The number of anilines is 1. The summed E-state index contributed by atoms with van der Waals surface area (Å²) in [4.78, 5) is 42.5. The van der Waals surface area contributed by atoms with E-state index in [4.69, 9.17) is 9.47 Å². The van der Waals surface area contributed by atoms with Gasteiger partial charge in [0.1, 0.15) is 5.54 Å². The number of fused-ring (bicyclic) bond motifs is 5. The van der Waals surface area contributed by atoms with E-state index in [1.807, 2.05) is 38.1 Å². The highest BCUT2D eigenvalue weighted by molar-refractivity contribution is 6.12. The van der Waals surface area contributed by atoms with Crippen molar-refractivity contribution in [2.45, 2.75) is 57.9 Å². The molecule has 4 aliphatic heterocycles. The van der Waals surface area contributed by atoms with Gasteiger partial charge in [0.05, 0.1) is 0 Å². The van der Waals surface area contributed by atoms with Crippen molar-refractivity contribution in [3.05, 3.63) is 29.8 Å². The van der Waals surface area contributed by atoms with E-state index in [1.54, 1.807) is 13.8 Å². The number of nitrogens with zero attached hydrogens (tertiary/aromatic N) is 1. The molecule has 0 aliphatic carbocycles. The molecular formula is C21H24N2O5. The summed E-state index contributed by atoms with van der Waals surface area (Å²) < 4.78 is 11.2. The molecule has 1 amide bonds. The highest BCUT2D eigenvalue weighted by Crippen LogP contribution is 2.70. The standard InChI is InChI=1S/C21H24N2O5/c1-18(2)20(16(25)27-19(3,4)28-17(20)26)14-10-7-11-23(14)21(18)12-8-5-6-9-13(12)22-15(21)24/h5-6,8-9,14H,7,10-11H2,1-4H3,(H,22,24). The van der Waals surface area contributed by atoms with E-state index in [0.29, 0.717) is 13.0 Å². The third kappa shape index (κ3) is 1.61. The quantitative estimate of drug-likeness (QED) is 0.545. The van der Waals surface area contributed by atoms with E-state index in [0.717, 1.165) is 17.7 Å². The SMILES string of the molecule is CC1(C)OC(=O)C2(C(=O)O1)C1CCCN1C1(C(=O)Nc3ccccc31)C2(C)C. The van der Waals surface area contributed by atoms with Crippen LogP contribution in [0.1, 0.15) is 46.1 Å². The van der Waals surface area contributed by atoms with Crippen LogP contribution in [-0.4, -0.2) is 41.1 Å². The molecule has 7 heteroatoms. The molecule has 28 heavy (non-hydrogen) atoms. The Morgan fingerprint density at radius 2 is 1.68 bits per heavy atom. The van der Waals surface area contributed by atoms with Gasteiger partial charge in [-0.2, -0.15) is 0 Å². The first-order valence-corrected chi connectivity index (χ1v) is 9.75. The van der Waals surface area contributed by atoms with Crippen LogP contribution in [0.4, 0.5) is 5.69 Å². The lowest BCUT2D eigenvalue weighted by molar-refractivity contribution is -0.260. The van der Waals surface area contributed by atoms with Gasteiger partial charge in [-0.15, -0.1) is 0 Å². The lowest BCUT2D eigenvalue weighted by atomic mass is 9.55. The Morgan fingerprint density at radius 3 is 2.36 bits per heavy atom. The van der Waals surface area contributed by atoms with Crippen LogP contribution in [-0.2, 0) is 29.4 Å². The molecule has 3 saturated heterocycles. The summed E-state index contributed by atoms with van der Waals surface area (Å²) in [6, 6.07) is 7.06. The minimum atomic E-state index is -1.56. The number of nitrogens with one attached hydrogen (secondary N) is 1. The van der Waals surface area contributed by atoms with Gasteiger partial charge in [0.25, 0.3) is 5.79 Å². The fraction of sp³-hybridized carbons (Fsp3) is 0.571. The number of ether oxygens (including phenoxy) is 2. The first-order chi connectivity index (χ1) is 13.1. The van der Waals surface area contributed by atoms with Crippen LogP contribution in [0.15, 0.2) is 24.3 Å². The first kappa shape index (κ1) is 17.7. The second kappa shape index (κ2) is 4.95. The Labute approximate surface area is 163 Å². The van der Waals surface area contributed by atoms with Gasteiger partial charge < -0.3 is 14.8 Å². The molecule has 1 N–H and O–H groups in total. The maximum Gasteiger partial charge on any atom is 0.329 e. The highest BCUT2D eigenvalue weighted by atomic mass is 16.7. The van der Waals surface area contributed by atoms with Crippen LogP contribution in [0, 0.1) is 10.8 Å². The van der Waals surface area contributed by atoms with Crippen molar-refractivity contribution >= 4 is 23.5 Å². The molecule has 3 fully saturated rings. The number of cyclic esters (lactones) is 2. The van der Waals surface area contributed by atoms with Gasteiger partial charge in [-0.3, -0.25) is 19.3 Å². The van der Waals surface area contributed by atoms with Crippen LogP contribution in [0.25, 0.3) is 0 Å². The summed E-state index contributed by atoms with van der Waals surface area (Å²) in [5.41, 5.74) is -2.25. The van der Waals surface area contributed by atoms with Gasteiger partial charge in [-0.05, 0) is 25.5 Å². The van der Waals surface area contributed by atoms with Gasteiger partial charge >= 0.3 is 11.9 Å². The predicted molar refractivity (Wildman–Crippen MR) is 99.0 cm³/mol. The number of benzene rings is 1. The Morgan fingerprint density at radius 1 is 1.04 bits per heavy atom. The van der Waals surface area contributed by atoms with Crippen molar-refractivity contribution < 1.29 is 23.9 Å². The Hall–Kier alpha value is -2.41. The molecule has 0 radical (unpaired) electrons. The molecule has 7 nitrogen and oxygen atoms in total. The zero-order valence-corrected chi connectivity index (χ0v) is 16.5. The molecule has 2 spiro atoms. The molecular weight excluding hydrogens is 360 g/mol. The normalized spacial score (nSPS) is 34.1. The average Bonchev–Trinajstić information content (AvgIpc) is 3.19. The molecule has 5 rings (SSSR count). The zero-order chi connectivity index (χ0) is 20.1. The number of carbonyl (C=O) groups excluding carboxylic acids is 3. The van der Waals surface area contributed by atoms with E-state index in [2.05, 4.69) is 10.2 Å². The summed E-state index contributed by atoms with van der Waals surface area (Å²) in [7, 11) is 0. The molecule has 1 aromatic rings. The van der Waals surface area contributed by atoms with E-state index in [-0.39, 0.29) is 5.91 Å². The lowest BCUT2D eigenvalue weighted by Crippen LogP contribution is -2.64. The third-order valence-corrected chi connectivity index (χ3v) is 7.29. The number of carbonyl (C=O) groups is 3. The number of hydrogen-bond acceptors (Lipinski definition) is 6. The largest absolute Gasteiger partial charge is 0.422 e. The molecule has 0 bridgehead atoms. The van der Waals surface area contributed by atoms with E-state index >= 15 is 0 Å². The molecule has 2 atom stereocenters. The van der Waals surface area contributed by atoms with Gasteiger partial charge in [0.2, 0.25) is 5.91 Å². The van der Waals surface area contributed by atoms with Crippen molar-refractivity contribution in [1.29, 1.82) is 0 Å². The summed E-state index contributed by atoms with van der Waals surface area (Å²) in [6.45, 7) is 7.39. The topological polar surface area (TPSA) is 84.9 Å². The van der Waals surface area contributed by atoms with Crippen LogP contribution in [0.3, 0.4) is 0 Å². The molecule has 1 aromatic carbocycles. The smallest absolute Gasteiger partial charge is 0.329 e. The predicted octanol–water partition coefficient (Wildman–Crippen LogP) is 2.16. The van der Waals surface area contributed by atoms with Crippen molar-refractivity contribution in [2.75, 3.05) is 11.9 Å². The van der Waals surface area contributed by atoms with Crippen LogP contribution in [0.2, 0.25) is 0 Å². The molecule has 0 saturated carbocycles. The third-order valence-electron chi connectivity index (χ3n) is 7.29. The van der Waals surface area contributed by atoms with Crippen molar-refractivity contribution in [3.8, 4) is 0 Å². The second-order valence-corrected chi connectivity index (χ2v) is 9.17. The fourth-order valence-electron chi connectivity index (χ4n) is 6.32. The van der Waals surface area contributed by atoms with Gasteiger partial charge in [0.15, 0.2) is 5.41 Å². The maximum atomic E-state index is 13.5. The van der Waals surface area contributed by atoms with Crippen molar-refractivity contribution in [3.63, 3.8) is 0 Å². The fourth-order valence-corrected chi connectivity index (χ4v) is 6.32. The molecule has 148 valence electrons. The summed E-state index contributed by atoms with van der Waals surface area (Å²) in [5.74, 6) is -2.70. The number of rotatable bonds is 0. The molecule has 0 aromatic heterocycles. The van der Waals surface area contributed by atoms with Gasteiger partial charge in [0, 0.05) is 36.6 Å². The highest BCUT2D eigenvalue weighted by Gasteiger charge is 2.84. The minimum Gasteiger partial charge on any atom is -0.422 e. The Balaban J connectivity index is 1.81. The Kier molecular flexibility index (Phi) is 3.12. The lowest BCUT2D eigenvalue weighted by Gasteiger charge is -2.49. The monoisotopic (exact) mass is 384 g/mol. The average molecular weight is 384 g/mol. The number of amides is 1. The number of para-hydroxylation sites is 1. The number of esters is 2. The summed E-state index contributed by atoms with van der Waals surface area (Å²) in [6.07, 6.45) is 1.43. The Bertz CT molecular complexity index is 916. The van der Waals surface area contributed by atoms with Crippen molar-refractivity contribution in [2.24, 2.45) is 10.8 Å². The van der Waals surface area contributed by atoms with E-state index < -0.39 is 40.1 Å². The zero-order valence-electron chi connectivity index (χ0n) is 16.5. The molecule has 4 heterocycles. The van der Waals surface area contributed by atoms with Crippen LogP contribution < -0.4 is 5.32 Å². The van der Waals surface area contributed by atoms with Crippen LogP contribution >= 0.6 is 0 Å². The summed E-state index contributed by atoms with van der Waals surface area (Å²) >= 11 is 0. The first-order valence-electron chi connectivity index (χ1n) is 9.75. The molecule has 2 unspecified atom stereocenters. The second-order valence-electron chi connectivity index (χ2n) is 9.17. The van der Waals surface area contributed by atoms with E-state index in [1.165, 1.54) is 0 Å². The van der Waals surface area contributed by atoms with Crippen LogP contribution in [0.5, 0.6) is 0 Å². The molecule has 4 aliphatic rings. The van der Waals surface area contributed by atoms with E-state index in [9.17, 15) is 14.4 Å². The minimum absolute atomic E-state index is 0.201.